The van der Waals surface area contributed by atoms with Crippen LogP contribution in [-0.2, 0) is 9.53 Å². The van der Waals surface area contributed by atoms with Crippen molar-refractivity contribution >= 4 is 55.7 Å². The Morgan fingerprint density at radius 2 is 1.79 bits per heavy atom. The van der Waals surface area contributed by atoms with Crippen molar-refractivity contribution in [2.75, 3.05) is 33.0 Å². The van der Waals surface area contributed by atoms with E-state index in [0.29, 0.717) is 59.7 Å². The lowest BCUT2D eigenvalue weighted by Gasteiger charge is -2.20. The van der Waals surface area contributed by atoms with Crippen LogP contribution in [0.4, 0.5) is 0 Å². The van der Waals surface area contributed by atoms with Crippen LogP contribution in [0.5, 0.6) is 17.2 Å². The Morgan fingerprint density at radius 1 is 1.08 bits per heavy atom. The van der Waals surface area contributed by atoms with Crippen molar-refractivity contribution in [3.05, 3.63) is 57.6 Å². The van der Waals surface area contributed by atoms with Gasteiger partial charge in [0.25, 0.3) is 5.91 Å². The van der Waals surface area contributed by atoms with Crippen LogP contribution in [0.25, 0.3) is 6.08 Å². The van der Waals surface area contributed by atoms with Crippen LogP contribution in [0, 0.1) is 18.3 Å². The molecule has 0 spiro atoms. The number of hydrogen-bond acceptors (Lipinski definition) is 8. The third-order valence-corrected chi connectivity index (χ3v) is 7.40. The zero-order valence-electron chi connectivity index (χ0n) is 22.3. The first-order valence-electron chi connectivity index (χ1n) is 12.6. The van der Waals surface area contributed by atoms with E-state index in [4.69, 9.17) is 24.4 Å². The summed E-state index contributed by atoms with van der Waals surface area (Å²) in [6.07, 6.45) is 1.62. The van der Waals surface area contributed by atoms with E-state index in [1.165, 1.54) is 22.3 Å². The number of aryl methyl sites for hydroxylation is 1. The minimum absolute atomic E-state index is 0.00827. The van der Waals surface area contributed by atoms with Gasteiger partial charge in [0, 0.05) is 5.92 Å². The van der Waals surface area contributed by atoms with Crippen molar-refractivity contribution in [3.8, 4) is 17.2 Å². The fourth-order valence-electron chi connectivity index (χ4n) is 3.64. The molecule has 2 aliphatic rings. The fraction of sp³-hybridized carbons (Fsp3) is 0.357. The van der Waals surface area contributed by atoms with E-state index in [2.05, 4.69) is 26.0 Å². The molecule has 0 saturated heterocycles. The Hall–Kier alpha value is -3.15. The molecule has 0 aromatic heterocycles. The van der Waals surface area contributed by atoms with E-state index in [0.717, 1.165) is 10.8 Å². The van der Waals surface area contributed by atoms with Gasteiger partial charge in [0.15, 0.2) is 17.3 Å². The van der Waals surface area contributed by atoms with Crippen LogP contribution in [0.2, 0.25) is 0 Å². The van der Waals surface area contributed by atoms with Gasteiger partial charge in [0.05, 0.1) is 29.9 Å². The molecule has 0 fully saturated rings. The predicted octanol–water partition coefficient (Wildman–Crippen LogP) is 5.91. The second-order valence-electron chi connectivity index (χ2n) is 9.00. The molecule has 2 heterocycles. The van der Waals surface area contributed by atoms with Crippen molar-refractivity contribution < 1.29 is 23.7 Å². The SMILES string of the molecule is CCOc1cc(/C=C2/C(=N)N3N=C(C(C)C)SC3=NC2=O)cc(Br)c1OCCOCCOc1ccc(C)cc1. The predicted molar refractivity (Wildman–Crippen MR) is 158 cm³/mol. The first kappa shape index (κ1) is 28.8. The number of aliphatic imine (C=N–C) groups is 1. The number of ether oxygens (including phenoxy) is 4. The highest BCUT2D eigenvalue weighted by Crippen LogP contribution is 2.38. The van der Waals surface area contributed by atoms with Crippen molar-refractivity contribution in [3.63, 3.8) is 0 Å². The van der Waals surface area contributed by atoms with Gasteiger partial charge in [-0.15, -0.1) is 0 Å². The summed E-state index contributed by atoms with van der Waals surface area (Å²) < 4.78 is 23.7. The van der Waals surface area contributed by atoms with Gasteiger partial charge < -0.3 is 18.9 Å². The van der Waals surface area contributed by atoms with Gasteiger partial charge in [-0.3, -0.25) is 10.2 Å². The summed E-state index contributed by atoms with van der Waals surface area (Å²) in [6.45, 7) is 9.93. The standard InChI is InChI=1S/C28H31BrN4O5S/c1-5-36-23-16-19(14-21-25(30)33-28(31-26(21)34)39-27(32-33)17(2)3)15-22(29)24(23)38-13-11-35-10-12-37-20-8-6-18(4)7-9-20/h6-9,14-17,30H,5,10-13H2,1-4H3/b21-14-,30-25?. The van der Waals surface area contributed by atoms with Crippen LogP contribution in [0.15, 0.2) is 56.5 Å². The summed E-state index contributed by atoms with van der Waals surface area (Å²) in [6, 6.07) is 11.5. The molecule has 9 nitrogen and oxygen atoms in total. The van der Waals surface area contributed by atoms with Gasteiger partial charge in [-0.1, -0.05) is 31.5 Å². The van der Waals surface area contributed by atoms with Crippen LogP contribution < -0.4 is 14.2 Å². The Labute approximate surface area is 240 Å². The average Bonchev–Trinajstić information content (AvgIpc) is 3.33. The molecule has 0 aliphatic carbocycles. The highest BCUT2D eigenvalue weighted by Gasteiger charge is 2.36. The molecule has 1 N–H and O–H groups in total. The third kappa shape index (κ3) is 7.28. The zero-order chi connectivity index (χ0) is 27.9. The molecule has 0 bridgehead atoms. The molecule has 0 saturated carbocycles. The van der Waals surface area contributed by atoms with Crippen LogP contribution >= 0.6 is 27.7 Å². The topological polar surface area (TPSA) is 106 Å². The normalized spacial score (nSPS) is 15.9. The third-order valence-electron chi connectivity index (χ3n) is 5.60. The molecule has 0 radical (unpaired) electrons. The summed E-state index contributed by atoms with van der Waals surface area (Å²) >= 11 is 4.88. The summed E-state index contributed by atoms with van der Waals surface area (Å²) in [7, 11) is 0. The molecule has 1 amide bonds. The minimum atomic E-state index is -0.475. The summed E-state index contributed by atoms with van der Waals surface area (Å²) in [5.41, 5.74) is 2.00. The maximum atomic E-state index is 12.8. The van der Waals surface area contributed by atoms with Gasteiger partial charge in [-0.25, -0.2) is 0 Å². The van der Waals surface area contributed by atoms with E-state index in [9.17, 15) is 4.79 Å². The molecular formula is C28H31BrN4O5S. The number of thioether (sulfide) groups is 1. The highest BCUT2D eigenvalue weighted by atomic mass is 79.9. The second kappa shape index (κ2) is 13.3. The van der Waals surface area contributed by atoms with Crippen molar-refractivity contribution in [2.24, 2.45) is 16.0 Å². The Balaban J connectivity index is 1.37. The van der Waals surface area contributed by atoms with Crippen molar-refractivity contribution in [2.45, 2.75) is 27.7 Å². The number of rotatable bonds is 12. The summed E-state index contributed by atoms with van der Waals surface area (Å²) in [5, 5.41) is 15.7. The van der Waals surface area contributed by atoms with Gasteiger partial charge in [0.1, 0.15) is 24.0 Å². The largest absolute Gasteiger partial charge is 0.491 e. The Kier molecular flexibility index (Phi) is 9.82. The van der Waals surface area contributed by atoms with E-state index in [1.807, 2.05) is 58.0 Å². The second-order valence-corrected chi connectivity index (χ2v) is 10.8. The average molecular weight is 616 g/mol. The van der Waals surface area contributed by atoms with E-state index in [-0.39, 0.29) is 17.3 Å². The zero-order valence-corrected chi connectivity index (χ0v) is 24.7. The molecule has 4 rings (SSSR count). The molecule has 2 aromatic rings. The lowest BCUT2D eigenvalue weighted by molar-refractivity contribution is -0.114. The number of amidine groups is 2. The molecule has 0 unspecified atom stereocenters. The van der Waals surface area contributed by atoms with Crippen LogP contribution in [0.3, 0.4) is 0 Å². The summed E-state index contributed by atoms with van der Waals surface area (Å²) in [4.78, 5) is 16.9. The van der Waals surface area contributed by atoms with Crippen LogP contribution in [0.1, 0.15) is 31.9 Å². The minimum Gasteiger partial charge on any atom is -0.491 e. The number of fused-ring (bicyclic) bond motifs is 1. The number of benzene rings is 2. The van der Waals surface area contributed by atoms with Crippen LogP contribution in [-0.4, -0.2) is 60.0 Å². The molecule has 2 aliphatic heterocycles. The summed E-state index contributed by atoms with van der Waals surface area (Å²) in [5.74, 6) is 1.55. The van der Waals surface area contributed by atoms with E-state index < -0.39 is 5.91 Å². The Morgan fingerprint density at radius 3 is 2.49 bits per heavy atom. The molecule has 206 valence electrons. The number of carbonyl (C=O) groups is 1. The number of hydrazone groups is 1. The van der Waals surface area contributed by atoms with Gasteiger partial charge >= 0.3 is 0 Å². The van der Waals surface area contributed by atoms with E-state index >= 15 is 0 Å². The number of carbonyl (C=O) groups excluding carboxylic acids is 1. The van der Waals surface area contributed by atoms with Gasteiger partial charge in [-0.05, 0) is 77.4 Å². The molecule has 11 heteroatoms. The number of nitrogens with one attached hydrogen (secondary N) is 1. The van der Waals surface area contributed by atoms with Crippen molar-refractivity contribution in [1.29, 1.82) is 5.41 Å². The lowest BCUT2D eigenvalue weighted by atomic mass is 10.1. The number of hydrogen-bond donors (Lipinski definition) is 1. The quantitative estimate of drug-likeness (QED) is 0.234. The van der Waals surface area contributed by atoms with Crippen molar-refractivity contribution in [1.82, 2.24) is 5.01 Å². The highest BCUT2D eigenvalue weighted by molar-refractivity contribution is 9.10. The Bertz CT molecular complexity index is 1320. The van der Waals surface area contributed by atoms with Gasteiger partial charge in [-0.2, -0.15) is 15.1 Å². The maximum absolute atomic E-state index is 12.8. The molecular weight excluding hydrogens is 584 g/mol. The van der Waals surface area contributed by atoms with E-state index in [1.54, 1.807) is 12.1 Å². The maximum Gasteiger partial charge on any atom is 0.283 e. The first-order chi connectivity index (χ1) is 18.8. The first-order valence-corrected chi connectivity index (χ1v) is 14.2. The molecule has 2 aromatic carbocycles. The van der Waals surface area contributed by atoms with Gasteiger partial charge in [0.2, 0.25) is 5.17 Å². The molecule has 0 atom stereocenters. The number of amides is 1. The lowest BCUT2D eigenvalue weighted by Crippen LogP contribution is -2.35. The smallest absolute Gasteiger partial charge is 0.283 e. The number of nitrogens with zero attached hydrogens (tertiary/aromatic N) is 3. The molecule has 39 heavy (non-hydrogen) atoms. The monoisotopic (exact) mass is 614 g/mol. The fourth-order valence-corrected chi connectivity index (χ4v) is 5.11. The number of halogens is 1.